The fourth-order valence-electron chi connectivity index (χ4n) is 5.35. The van der Waals surface area contributed by atoms with Crippen LogP contribution in [-0.4, -0.2) is 37.4 Å². The molecule has 5 aliphatic heterocycles. The first kappa shape index (κ1) is 18.3. The summed E-state index contributed by atoms with van der Waals surface area (Å²) in [6.07, 6.45) is 2.57. The van der Waals surface area contributed by atoms with Gasteiger partial charge in [-0.1, -0.05) is 0 Å². The van der Waals surface area contributed by atoms with Crippen molar-refractivity contribution in [2.45, 2.75) is 11.8 Å². The van der Waals surface area contributed by atoms with E-state index in [1.165, 1.54) is 0 Å². The van der Waals surface area contributed by atoms with Gasteiger partial charge in [0.2, 0.25) is 12.7 Å². The van der Waals surface area contributed by atoms with Crippen LogP contribution in [0.5, 0.6) is 23.0 Å². The Labute approximate surface area is 188 Å². The van der Waals surface area contributed by atoms with Gasteiger partial charge in [0.1, 0.15) is 30.5 Å². The normalized spacial score (nSPS) is 23.4. The lowest BCUT2D eigenvalue weighted by Gasteiger charge is -2.41. The van der Waals surface area contributed by atoms with E-state index in [-0.39, 0.29) is 24.1 Å². The van der Waals surface area contributed by atoms with E-state index in [4.69, 9.17) is 24.7 Å². The molecule has 5 heterocycles. The van der Waals surface area contributed by atoms with Gasteiger partial charge in [-0.3, -0.25) is 4.79 Å². The fourth-order valence-corrected chi connectivity index (χ4v) is 5.35. The van der Waals surface area contributed by atoms with E-state index in [2.05, 4.69) is 11.4 Å². The largest absolute Gasteiger partial charge is 0.486 e. The van der Waals surface area contributed by atoms with Crippen molar-refractivity contribution in [3.05, 3.63) is 58.4 Å². The number of hydrogen-bond donors (Lipinski definition) is 2. The van der Waals surface area contributed by atoms with Crippen LogP contribution in [-0.2, 0) is 16.6 Å². The molecule has 0 fully saturated rings. The highest BCUT2D eigenvalue weighted by Gasteiger charge is 2.54. The molecule has 1 amide bonds. The number of hydrogen-bond acceptors (Lipinski definition) is 8. The molecule has 1 spiro atoms. The van der Waals surface area contributed by atoms with Crippen LogP contribution in [0.1, 0.15) is 16.7 Å². The predicted molar refractivity (Wildman–Crippen MR) is 116 cm³/mol. The molecule has 9 heteroatoms. The standard InChI is InChI=1S/C24H18N4O5/c25-10-15-22(26)28-2-1-12-5-18-19(33-11-32-18)6-13(12)17(28)9-24(15)14-7-20-21(31-4-3-30-20)8-16(14)27-23(24)29/h5-9H,1-4,11,26H2,(H,27,29)/t24-/m1/s1. The van der Waals surface area contributed by atoms with E-state index in [0.717, 1.165) is 23.2 Å². The third-order valence-electron chi connectivity index (χ3n) is 6.89. The number of nitriles is 1. The molecular formula is C24H18N4O5. The SMILES string of the molecule is N#CC1=C(N)N2CCc3cc4c(cc3C2=C[C@]12C(=O)Nc1cc3c(cc12)OCCO3)OCO4. The minimum atomic E-state index is -1.37. The summed E-state index contributed by atoms with van der Waals surface area (Å²) in [5.41, 5.74) is 9.35. The zero-order valence-corrected chi connectivity index (χ0v) is 17.4. The molecule has 164 valence electrons. The minimum absolute atomic E-state index is 0.175. The van der Waals surface area contributed by atoms with Crippen LogP contribution in [0.3, 0.4) is 0 Å². The lowest BCUT2D eigenvalue weighted by Crippen LogP contribution is -2.45. The van der Waals surface area contributed by atoms with E-state index in [9.17, 15) is 10.1 Å². The Hall–Kier alpha value is -4.32. The van der Waals surface area contributed by atoms with Gasteiger partial charge in [-0.15, -0.1) is 0 Å². The molecule has 0 saturated heterocycles. The molecule has 0 aromatic heterocycles. The number of nitrogens with zero attached hydrogens (tertiary/aromatic N) is 2. The van der Waals surface area contributed by atoms with Crippen LogP contribution in [0.2, 0.25) is 0 Å². The summed E-state index contributed by atoms with van der Waals surface area (Å²) in [7, 11) is 0. The van der Waals surface area contributed by atoms with Gasteiger partial charge in [-0.2, -0.15) is 5.26 Å². The fraction of sp³-hybridized carbons (Fsp3) is 0.250. The van der Waals surface area contributed by atoms with Crippen LogP contribution >= 0.6 is 0 Å². The third-order valence-corrected chi connectivity index (χ3v) is 6.89. The molecule has 5 aliphatic rings. The number of carbonyl (C=O) groups is 1. The summed E-state index contributed by atoms with van der Waals surface area (Å²) in [6.45, 7) is 1.61. The average Bonchev–Trinajstić information content (AvgIpc) is 3.38. The maximum absolute atomic E-state index is 13.6. The molecule has 0 saturated carbocycles. The molecule has 1 atom stereocenters. The lowest BCUT2D eigenvalue weighted by molar-refractivity contribution is -0.118. The first-order valence-corrected chi connectivity index (χ1v) is 10.7. The van der Waals surface area contributed by atoms with Crippen LogP contribution in [0, 0.1) is 11.3 Å². The quantitative estimate of drug-likeness (QED) is 0.636. The number of benzene rings is 2. The molecule has 9 nitrogen and oxygen atoms in total. The van der Waals surface area contributed by atoms with Crippen LogP contribution in [0.15, 0.2) is 41.7 Å². The van der Waals surface area contributed by atoms with Crippen molar-refractivity contribution in [2.24, 2.45) is 5.73 Å². The van der Waals surface area contributed by atoms with Crippen LogP contribution in [0.25, 0.3) is 5.70 Å². The summed E-state index contributed by atoms with van der Waals surface area (Å²) in [5, 5.41) is 13.1. The second-order valence-corrected chi connectivity index (χ2v) is 8.47. The highest BCUT2D eigenvalue weighted by atomic mass is 16.7. The second kappa shape index (κ2) is 6.13. The Morgan fingerprint density at radius 3 is 2.55 bits per heavy atom. The molecule has 0 radical (unpaired) electrons. The number of anilines is 1. The number of nitrogens with one attached hydrogen (secondary N) is 1. The summed E-state index contributed by atoms with van der Waals surface area (Å²) >= 11 is 0. The van der Waals surface area contributed by atoms with E-state index in [1.807, 2.05) is 23.1 Å². The minimum Gasteiger partial charge on any atom is -0.486 e. The zero-order valence-electron chi connectivity index (χ0n) is 17.4. The maximum Gasteiger partial charge on any atom is 0.244 e. The van der Waals surface area contributed by atoms with Crippen molar-refractivity contribution in [1.82, 2.24) is 4.90 Å². The monoisotopic (exact) mass is 442 g/mol. The number of carbonyl (C=O) groups excluding carboxylic acids is 1. The number of amides is 1. The predicted octanol–water partition coefficient (Wildman–Crippen LogP) is 1.98. The molecule has 3 N–H and O–H groups in total. The highest BCUT2D eigenvalue weighted by Crippen LogP contribution is 2.53. The summed E-state index contributed by atoms with van der Waals surface area (Å²) in [6, 6.07) is 9.66. The topological polar surface area (TPSA) is 119 Å². The van der Waals surface area contributed by atoms with Gasteiger partial charge in [-0.05, 0) is 36.3 Å². The van der Waals surface area contributed by atoms with Gasteiger partial charge in [0.25, 0.3) is 0 Å². The third kappa shape index (κ3) is 2.22. The molecule has 0 unspecified atom stereocenters. The summed E-state index contributed by atoms with van der Waals surface area (Å²) in [5.74, 6) is 2.40. The molecule has 7 rings (SSSR count). The maximum atomic E-state index is 13.6. The Balaban J connectivity index is 1.49. The van der Waals surface area contributed by atoms with Gasteiger partial charge in [-0.25, -0.2) is 0 Å². The van der Waals surface area contributed by atoms with Gasteiger partial charge in [0.05, 0.1) is 5.57 Å². The van der Waals surface area contributed by atoms with E-state index >= 15 is 0 Å². The van der Waals surface area contributed by atoms with E-state index in [0.29, 0.717) is 54.0 Å². The molecular weight excluding hydrogens is 424 g/mol. The number of nitrogens with two attached hydrogens (primary N) is 1. The van der Waals surface area contributed by atoms with Crippen molar-refractivity contribution in [2.75, 3.05) is 31.9 Å². The number of ether oxygens (including phenoxy) is 4. The number of rotatable bonds is 0. The number of fused-ring (bicyclic) bond motifs is 7. The Morgan fingerprint density at radius 1 is 1.03 bits per heavy atom. The van der Waals surface area contributed by atoms with Gasteiger partial charge in [0.15, 0.2) is 23.0 Å². The molecule has 33 heavy (non-hydrogen) atoms. The van der Waals surface area contributed by atoms with Crippen molar-refractivity contribution in [3.8, 4) is 29.1 Å². The second-order valence-electron chi connectivity index (χ2n) is 8.47. The van der Waals surface area contributed by atoms with Gasteiger partial charge < -0.3 is 34.9 Å². The first-order valence-electron chi connectivity index (χ1n) is 10.7. The average molecular weight is 442 g/mol. The van der Waals surface area contributed by atoms with Gasteiger partial charge >= 0.3 is 0 Å². The zero-order chi connectivity index (χ0) is 22.3. The van der Waals surface area contributed by atoms with Crippen molar-refractivity contribution in [1.29, 1.82) is 5.26 Å². The highest BCUT2D eigenvalue weighted by molar-refractivity contribution is 6.12. The van der Waals surface area contributed by atoms with E-state index < -0.39 is 5.41 Å². The molecule has 0 bridgehead atoms. The van der Waals surface area contributed by atoms with Gasteiger partial charge in [0, 0.05) is 35.1 Å². The molecule has 2 aromatic carbocycles. The Bertz CT molecular complexity index is 1390. The van der Waals surface area contributed by atoms with Crippen molar-refractivity contribution >= 4 is 17.3 Å². The summed E-state index contributed by atoms with van der Waals surface area (Å²) < 4.78 is 22.6. The van der Waals surface area contributed by atoms with Crippen LogP contribution in [0.4, 0.5) is 5.69 Å². The van der Waals surface area contributed by atoms with Crippen LogP contribution < -0.4 is 30.0 Å². The summed E-state index contributed by atoms with van der Waals surface area (Å²) in [4.78, 5) is 15.5. The van der Waals surface area contributed by atoms with E-state index in [1.54, 1.807) is 12.1 Å². The van der Waals surface area contributed by atoms with Crippen molar-refractivity contribution in [3.63, 3.8) is 0 Å². The Kier molecular flexibility index (Phi) is 3.40. The lowest BCUT2D eigenvalue weighted by atomic mass is 9.71. The smallest absolute Gasteiger partial charge is 0.244 e. The molecule has 0 aliphatic carbocycles. The van der Waals surface area contributed by atoms with Crippen molar-refractivity contribution < 1.29 is 23.7 Å². The molecule has 2 aromatic rings. The first-order chi connectivity index (χ1) is 16.1. The Morgan fingerprint density at radius 2 is 1.76 bits per heavy atom.